The zero-order chi connectivity index (χ0) is 20.4. The number of carbonyl (C=O) groups is 2. The van der Waals surface area contributed by atoms with E-state index < -0.39 is 51.9 Å². The van der Waals surface area contributed by atoms with Gasteiger partial charge in [0.25, 0.3) is 0 Å². The summed E-state index contributed by atoms with van der Waals surface area (Å²) in [6.45, 7) is 0.730. The van der Waals surface area contributed by atoms with Crippen LogP contribution in [0.2, 0.25) is 5.02 Å². The molecule has 1 saturated heterocycles. The van der Waals surface area contributed by atoms with Crippen molar-refractivity contribution in [2.24, 2.45) is 0 Å². The van der Waals surface area contributed by atoms with Crippen LogP contribution in [0.15, 0.2) is 18.2 Å². The van der Waals surface area contributed by atoms with Gasteiger partial charge in [0.2, 0.25) is 21.9 Å². The summed E-state index contributed by atoms with van der Waals surface area (Å²) in [5, 5.41) is 2.07. The number of sulfonamides is 1. The van der Waals surface area contributed by atoms with Crippen LogP contribution < -0.4 is 14.9 Å². The summed E-state index contributed by atoms with van der Waals surface area (Å²) in [5.41, 5.74) is 0.240. The van der Waals surface area contributed by atoms with Gasteiger partial charge in [-0.05, 0) is 31.5 Å². The highest BCUT2D eigenvalue weighted by molar-refractivity contribution is 7.90. The maximum atomic E-state index is 13.5. The number of nitrogens with zero attached hydrogens (tertiary/aromatic N) is 1. The number of amides is 3. The summed E-state index contributed by atoms with van der Waals surface area (Å²) >= 11 is 5.59. The van der Waals surface area contributed by atoms with E-state index in [1.807, 2.05) is 0 Å². The Morgan fingerprint density at radius 2 is 2.07 bits per heavy atom. The molecule has 7 nitrogen and oxygen atoms in total. The van der Waals surface area contributed by atoms with Crippen LogP contribution in [0.3, 0.4) is 0 Å². The average Bonchev–Trinajstić information content (AvgIpc) is 2.88. The number of hydrogen-bond donors (Lipinski definition) is 2. The van der Waals surface area contributed by atoms with Gasteiger partial charge in [-0.1, -0.05) is 11.6 Å². The van der Waals surface area contributed by atoms with E-state index in [1.165, 1.54) is 17.0 Å². The van der Waals surface area contributed by atoms with Gasteiger partial charge in [-0.3, -0.25) is 4.79 Å². The van der Waals surface area contributed by atoms with Gasteiger partial charge in [0, 0.05) is 18.7 Å². The third kappa shape index (κ3) is 5.99. The van der Waals surface area contributed by atoms with Gasteiger partial charge < -0.3 is 10.2 Å². The molecule has 2 rings (SSSR count). The van der Waals surface area contributed by atoms with Gasteiger partial charge in [-0.25, -0.2) is 31.1 Å². The first-order chi connectivity index (χ1) is 12.4. The van der Waals surface area contributed by atoms with Crippen LogP contribution in [0.5, 0.6) is 0 Å². The molecule has 0 aromatic heterocycles. The average molecular weight is 428 g/mol. The van der Waals surface area contributed by atoms with E-state index in [2.05, 4.69) is 5.32 Å². The molecule has 27 heavy (non-hydrogen) atoms. The Kier molecular flexibility index (Phi) is 6.25. The highest BCUT2D eigenvalue weighted by Crippen LogP contribution is 2.25. The van der Waals surface area contributed by atoms with Gasteiger partial charge in [-0.15, -0.1) is 0 Å². The molecule has 0 radical (unpaired) electrons. The Morgan fingerprint density at radius 1 is 1.41 bits per heavy atom. The van der Waals surface area contributed by atoms with Crippen molar-refractivity contribution < 1.29 is 31.2 Å². The molecule has 1 aromatic carbocycles. The summed E-state index contributed by atoms with van der Waals surface area (Å²) in [4.78, 5) is 25.3. The Hall–Kier alpha value is -2.01. The third-order valence-electron chi connectivity index (χ3n) is 3.78. The standard InChI is InChI=1S/C15H17ClF3N3O4S/c1-15(18,19)5-7-27(25,26)21-14(24)20-12-4-6-22(13(12)23)9-2-3-10(16)11(17)8-9/h2-3,8,12H,4-7H2,1H3,(H2,20,21,24). The van der Waals surface area contributed by atoms with E-state index in [4.69, 9.17) is 11.6 Å². The molecule has 3 amide bonds. The fraction of sp³-hybridized carbons (Fsp3) is 0.467. The molecule has 150 valence electrons. The second kappa shape index (κ2) is 7.93. The minimum Gasteiger partial charge on any atom is -0.325 e. The quantitative estimate of drug-likeness (QED) is 0.728. The number of carbonyl (C=O) groups excluding carboxylic acids is 2. The van der Waals surface area contributed by atoms with Crippen LogP contribution in [0.1, 0.15) is 19.8 Å². The summed E-state index contributed by atoms with van der Waals surface area (Å²) in [6.07, 6.45) is -0.794. The van der Waals surface area contributed by atoms with Crippen LogP contribution >= 0.6 is 11.6 Å². The van der Waals surface area contributed by atoms with Crippen LogP contribution in [-0.2, 0) is 14.8 Å². The maximum Gasteiger partial charge on any atom is 0.329 e. The van der Waals surface area contributed by atoms with E-state index in [-0.39, 0.29) is 23.7 Å². The van der Waals surface area contributed by atoms with Crippen LogP contribution in [-0.4, -0.2) is 44.6 Å². The van der Waals surface area contributed by atoms with E-state index in [0.717, 1.165) is 6.07 Å². The predicted molar refractivity (Wildman–Crippen MR) is 92.9 cm³/mol. The van der Waals surface area contributed by atoms with Gasteiger partial charge in [-0.2, -0.15) is 0 Å². The number of hydrogen-bond acceptors (Lipinski definition) is 4. The lowest BCUT2D eigenvalue weighted by Crippen LogP contribution is -2.48. The lowest BCUT2D eigenvalue weighted by atomic mass is 10.2. The molecular formula is C15H17ClF3N3O4S. The van der Waals surface area contributed by atoms with Gasteiger partial charge in [0.05, 0.1) is 10.8 Å². The lowest BCUT2D eigenvalue weighted by Gasteiger charge is -2.18. The number of rotatable bonds is 6. The summed E-state index contributed by atoms with van der Waals surface area (Å²) in [6, 6.07) is 1.55. The molecule has 1 aromatic rings. The number of alkyl halides is 2. The van der Waals surface area contributed by atoms with E-state index in [1.54, 1.807) is 4.72 Å². The van der Waals surface area contributed by atoms with E-state index in [0.29, 0.717) is 6.92 Å². The molecule has 1 aliphatic rings. The molecule has 1 aliphatic heterocycles. The number of urea groups is 1. The first-order valence-electron chi connectivity index (χ1n) is 7.83. The zero-order valence-corrected chi connectivity index (χ0v) is 15.7. The number of halogens is 4. The van der Waals surface area contributed by atoms with Crippen molar-refractivity contribution in [3.05, 3.63) is 29.0 Å². The molecule has 0 aliphatic carbocycles. The summed E-state index contributed by atoms with van der Waals surface area (Å²) in [7, 11) is -4.28. The monoisotopic (exact) mass is 427 g/mol. The Labute approximate surface area is 158 Å². The SMILES string of the molecule is CC(F)(F)CCS(=O)(=O)NC(=O)NC1CCN(c2ccc(Cl)c(F)c2)C1=O. The van der Waals surface area contributed by atoms with Crippen molar-refractivity contribution in [2.45, 2.75) is 31.7 Å². The van der Waals surface area contributed by atoms with Gasteiger partial charge in [0.1, 0.15) is 11.9 Å². The first kappa shape index (κ1) is 21.3. The van der Waals surface area contributed by atoms with Crippen molar-refractivity contribution in [3.8, 4) is 0 Å². The van der Waals surface area contributed by atoms with Crippen molar-refractivity contribution in [3.63, 3.8) is 0 Å². The molecule has 0 saturated carbocycles. The fourth-order valence-electron chi connectivity index (χ4n) is 2.42. The van der Waals surface area contributed by atoms with Crippen molar-refractivity contribution in [1.82, 2.24) is 10.0 Å². The topological polar surface area (TPSA) is 95.6 Å². The molecule has 0 spiro atoms. The predicted octanol–water partition coefficient (Wildman–Crippen LogP) is 2.26. The molecule has 12 heteroatoms. The maximum absolute atomic E-state index is 13.5. The highest BCUT2D eigenvalue weighted by atomic mass is 35.5. The lowest BCUT2D eigenvalue weighted by molar-refractivity contribution is -0.118. The van der Waals surface area contributed by atoms with Gasteiger partial charge in [0.15, 0.2) is 0 Å². The second-order valence-corrected chi connectivity index (χ2v) is 8.39. The van der Waals surface area contributed by atoms with Crippen molar-refractivity contribution >= 4 is 39.2 Å². The molecule has 0 bridgehead atoms. The number of nitrogens with one attached hydrogen (secondary N) is 2. The molecule has 1 heterocycles. The molecular weight excluding hydrogens is 411 g/mol. The Bertz CT molecular complexity index is 845. The van der Waals surface area contributed by atoms with Crippen LogP contribution in [0.25, 0.3) is 0 Å². The van der Waals surface area contributed by atoms with Crippen LogP contribution in [0, 0.1) is 5.82 Å². The first-order valence-corrected chi connectivity index (χ1v) is 9.86. The minimum absolute atomic E-state index is 0.109. The largest absolute Gasteiger partial charge is 0.329 e. The fourth-order valence-corrected chi connectivity index (χ4v) is 3.60. The van der Waals surface area contributed by atoms with E-state index >= 15 is 0 Å². The summed E-state index contributed by atoms with van der Waals surface area (Å²) in [5.74, 6) is -5.42. The minimum atomic E-state index is -4.28. The highest BCUT2D eigenvalue weighted by Gasteiger charge is 2.34. The molecule has 1 fully saturated rings. The van der Waals surface area contributed by atoms with Crippen LogP contribution in [0.4, 0.5) is 23.7 Å². The zero-order valence-electron chi connectivity index (χ0n) is 14.1. The normalized spacial score (nSPS) is 17.9. The number of benzene rings is 1. The van der Waals surface area contributed by atoms with Gasteiger partial charge >= 0.3 is 6.03 Å². The third-order valence-corrected chi connectivity index (χ3v) is 5.33. The second-order valence-electron chi connectivity index (χ2n) is 6.14. The number of anilines is 1. The van der Waals surface area contributed by atoms with Crippen molar-refractivity contribution in [1.29, 1.82) is 0 Å². The molecule has 1 atom stereocenters. The summed E-state index contributed by atoms with van der Waals surface area (Å²) < 4.78 is 63.9. The Morgan fingerprint density at radius 3 is 2.67 bits per heavy atom. The molecule has 2 N–H and O–H groups in total. The Balaban J connectivity index is 1.95. The van der Waals surface area contributed by atoms with E-state index in [9.17, 15) is 31.2 Å². The van der Waals surface area contributed by atoms with Crippen molar-refractivity contribution in [2.75, 3.05) is 17.2 Å². The molecule has 1 unspecified atom stereocenters. The smallest absolute Gasteiger partial charge is 0.325 e.